The molecule has 2 nitrogen and oxygen atoms in total. The molecule has 0 aliphatic carbocycles. The summed E-state index contributed by atoms with van der Waals surface area (Å²) in [5, 5.41) is 7.22. The highest BCUT2D eigenvalue weighted by molar-refractivity contribution is 6.19. The fraction of sp³-hybridized carbons (Fsp3) is 0. The van der Waals surface area contributed by atoms with Gasteiger partial charge in [0.25, 0.3) is 0 Å². The maximum atomic E-state index is 6.13. The van der Waals surface area contributed by atoms with Gasteiger partial charge in [0.2, 0.25) is 0 Å². The van der Waals surface area contributed by atoms with Crippen molar-refractivity contribution in [3.8, 4) is 33.4 Å². The number of nitrogens with zero attached hydrogens (tertiary/aromatic N) is 1. The Kier molecular flexibility index (Phi) is 7.18. The van der Waals surface area contributed by atoms with Crippen molar-refractivity contribution in [2.75, 3.05) is 4.90 Å². The zero-order valence-corrected chi connectivity index (χ0v) is 28.4. The van der Waals surface area contributed by atoms with Crippen LogP contribution in [0.3, 0.4) is 0 Å². The summed E-state index contributed by atoms with van der Waals surface area (Å²) in [5.41, 5.74) is 12.4. The Labute approximate surface area is 302 Å². The van der Waals surface area contributed by atoms with Crippen LogP contribution in [0.1, 0.15) is 0 Å². The molecule has 9 aromatic carbocycles. The lowest BCUT2D eigenvalue weighted by Crippen LogP contribution is -2.09. The van der Waals surface area contributed by atoms with Gasteiger partial charge in [0.15, 0.2) is 0 Å². The lowest BCUT2D eigenvalue weighted by Gasteiger charge is -2.26. The molecule has 0 saturated heterocycles. The van der Waals surface area contributed by atoms with E-state index in [0.29, 0.717) is 0 Å². The SMILES string of the molecule is c1ccc(-c2ccc(N(c3ccc(-c4ccc(-c5ccc6c(ccc7oc8ccccc8c76)c5)cc4)cc3)c3ccc4ccccc4c3)cc2)cc1. The lowest BCUT2D eigenvalue weighted by molar-refractivity contribution is 0.669. The smallest absolute Gasteiger partial charge is 0.136 e. The number of hydrogen-bond donors (Lipinski definition) is 0. The number of furan rings is 1. The maximum absolute atomic E-state index is 6.13. The fourth-order valence-electron chi connectivity index (χ4n) is 7.59. The molecule has 2 heteroatoms. The van der Waals surface area contributed by atoms with E-state index in [9.17, 15) is 0 Å². The molecule has 0 atom stereocenters. The fourth-order valence-corrected chi connectivity index (χ4v) is 7.59. The molecular weight excluding hydrogens is 631 g/mol. The number of fused-ring (bicyclic) bond motifs is 6. The van der Waals surface area contributed by atoms with E-state index in [1.54, 1.807) is 0 Å². The Morgan fingerprint density at radius 2 is 0.808 bits per heavy atom. The van der Waals surface area contributed by atoms with Crippen molar-refractivity contribution in [2.45, 2.75) is 0 Å². The molecule has 0 unspecified atom stereocenters. The van der Waals surface area contributed by atoms with E-state index >= 15 is 0 Å². The summed E-state index contributed by atoms with van der Waals surface area (Å²) < 4.78 is 6.13. The van der Waals surface area contributed by atoms with Crippen molar-refractivity contribution >= 4 is 60.5 Å². The minimum atomic E-state index is 0.927. The van der Waals surface area contributed by atoms with E-state index in [0.717, 1.165) is 33.6 Å². The summed E-state index contributed by atoms with van der Waals surface area (Å²) >= 11 is 0. The molecule has 1 heterocycles. The first-order valence-corrected chi connectivity index (χ1v) is 17.7. The van der Waals surface area contributed by atoms with Gasteiger partial charge in [-0.05, 0) is 110 Å². The highest BCUT2D eigenvalue weighted by atomic mass is 16.3. The molecule has 0 fully saturated rings. The molecule has 244 valence electrons. The topological polar surface area (TPSA) is 16.4 Å². The van der Waals surface area contributed by atoms with Gasteiger partial charge in [-0.15, -0.1) is 0 Å². The average molecular weight is 664 g/mol. The molecule has 10 aromatic rings. The van der Waals surface area contributed by atoms with Crippen LogP contribution in [0.15, 0.2) is 205 Å². The van der Waals surface area contributed by atoms with Crippen LogP contribution >= 0.6 is 0 Å². The maximum Gasteiger partial charge on any atom is 0.136 e. The first kappa shape index (κ1) is 30.0. The third-order valence-corrected chi connectivity index (χ3v) is 10.3. The van der Waals surface area contributed by atoms with Crippen LogP contribution < -0.4 is 4.90 Å². The van der Waals surface area contributed by atoms with Crippen LogP contribution in [0.25, 0.3) is 76.9 Å². The van der Waals surface area contributed by atoms with E-state index in [1.165, 1.54) is 60.3 Å². The molecule has 0 aliphatic rings. The normalized spacial score (nSPS) is 11.5. The van der Waals surface area contributed by atoms with Gasteiger partial charge in [0, 0.05) is 27.8 Å². The highest BCUT2D eigenvalue weighted by Crippen LogP contribution is 2.39. The Morgan fingerprint density at radius 3 is 1.52 bits per heavy atom. The summed E-state index contributed by atoms with van der Waals surface area (Å²) in [4.78, 5) is 2.34. The van der Waals surface area contributed by atoms with Gasteiger partial charge in [0.1, 0.15) is 11.2 Å². The van der Waals surface area contributed by atoms with Crippen LogP contribution in [-0.2, 0) is 0 Å². The second kappa shape index (κ2) is 12.5. The molecule has 0 saturated carbocycles. The van der Waals surface area contributed by atoms with Gasteiger partial charge in [0.05, 0.1) is 0 Å². The zero-order chi connectivity index (χ0) is 34.4. The minimum Gasteiger partial charge on any atom is -0.456 e. The second-order valence-electron chi connectivity index (χ2n) is 13.4. The van der Waals surface area contributed by atoms with E-state index < -0.39 is 0 Å². The van der Waals surface area contributed by atoms with Crippen LogP contribution in [-0.4, -0.2) is 0 Å². The number of para-hydroxylation sites is 1. The average Bonchev–Trinajstić information content (AvgIpc) is 3.61. The number of hydrogen-bond acceptors (Lipinski definition) is 2. The number of rotatable bonds is 6. The molecule has 0 radical (unpaired) electrons. The Hall–Kier alpha value is -6.90. The van der Waals surface area contributed by atoms with Crippen molar-refractivity contribution in [3.05, 3.63) is 200 Å². The van der Waals surface area contributed by atoms with Crippen LogP contribution in [0.4, 0.5) is 17.1 Å². The summed E-state index contributed by atoms with van der Waals surface area (Å²) in [5.74, 6) is 0. The molecule has 0 amide bonds. The van der Waals surface area contributed by atoms with E-state index in [-0.39, 0.29) is 0 Å². The Bertz CT molecular complexity index is 2870. The van der Waals surface area contributed by atoms with E-state index in [2.05, 4.69) is 193 Å². The zero-order valence-electron chi connectivity index (χ0n) is 28.4. The summed E-state index contributed by atoms with van der Waals surface area (Å²) in [7, 11) is 0. The molecule has 52 heavy (non-hydrogen) atoms. The predicted molar refractivity (Wildman–Crippen MR) is 220 cm³/mol. The molecule has 1 aromatic heterocycles. The largest absolute Gasteiger partial charge is 0.456 e. The molecule has 0 bridgehead atoms. The summed E-state index contributed by atoms with van der Waals surface area (Å²) in [6.07, 6.45) is 0. The summed E-state index contributed by atoms with van der Waals surface area (Å²) in [6.45, 7) is 0. The monoisotopic (exact) mass is 663 g/mol. The standard InChI is InChI=1S/C50H33NO/c1-2-8-34(9-3-1)37-18-25-43(26-19-37)51(45-29-22-35-10-4-5-11-40(35)33-45)44-27-20-38(21-28-44)36-14-16-39(17-15-36)41-23-30-46-42(32-41)24-31-49-50(46)47-12-6-7-13-48(47)52-49/h1-33H. The van der Waals surface area contributed by atoms with Gasteiger partial charge in [-0.25, -0.2) is 0 Å². The van der Waals surface area contributed by atoms with E-state index in [4.69, 9.17) is 4.42 Å². The van der Waals surface area contributed by atoms with Crippen molar-refractivity contribution in [3.63, 3.8) is 0 Å². The van der Waals surface area contributed by atoms with Crippen LogP contribution in [0, 0.1) is 0 Å². The van der Waals surface area contributed by atoms with Gasteiger partial charge in [-0.3, -0.25) is 0 Å². The highest BCUT2D eigenvalue weighted by Gasteiger charge is 2.15. The second-order valence-corrected chi connectivity index (χ2v) is 13.4. The third-order valence-electron chi connectivity index (χ3n) is 10.3. The van der Waals surface area contributed by atoms with Crippen molar-refractivity contribution < 1.29 is 4.42 Å². The Balaban J connectivity index is 0.965. The molecular formula is C50H33NO. The van der Waals surface area contributed by atoms with Gasteiger partial charge in [-0.1, -0.05) is 146 Å². The predicted octanol–water partition coefficient (Wildman–Crippen LogP) is 14.4. The number of benzene rings is 9. The first-order chi connectivity index (χ1) is 25.7. The molecule has 0 N–H and O–H groups in total. The first-order valence-electron chi connectivity index (χ1n) is 17.7. The summed E-state index contributed by atoms with van der Waals surface area (Å²) in [6, 6.07) is 71.8. The van der Waals surface area contributed by atoms with Gasteiger partial charge >= 0.3 is 0 Å². The quantitative estimate of drug-likeness (QED) is 0.176. The van der Waals surface area contributed by atoms with Crippen molar-refractivity contribution in [1.82, 2.24) is 0 Å². The Morgan fingerprint density at radius 1 is 0.288 bits per heavy atom. The molecule has 0 spiro atoms. The van der Waals surface area contributed by atoms with Crippen molar-refractivity contribution in [1.29, 1.82) is 0 Å². The van der Waals surface area contributed by atoms with Crippen molar-refractivity contribution in [2.24, 2.45) is 0 Å². The molecule has 10 rings (SSSR count). The minimum absolute atomic E-state index is 0.927. The van der Waals surface area contributed by atoms with E-state index in [1.807, 2.05) is 12.1 Å². The lowest BCUT2D eigenvalue weighted by atomic mass is 9.96. The van der Waals surface area contributed by atoms with Crippen LogP contribution in [0.2, 0.25) is 0 Å². The molecule has 0 aliphatic heterocycles. The number of anilines is 3. The van der Waals surface area contributed by atoms with Crippen LogP contribution in [0.5, 0.6) is 0 Å². The van der Waals surface area contributed by atoms with Gasteiger partial charge < -0.3 is 9.32 Å². The van der Waals surface area contributed by atoms with Gasteiger partial charge in [-0.2, -0.15) is 0 Å². The third kappa shape index (κ3) is 5.30.